The van der Waals surface area contributed by atoms with E-state index in [1.807, 2.05) is 30.3 Å². The maximum Gasteiger partial charge on any atom is 0.270 e. The van der Waals surface area contributed by atoms with Crippen LogP contribution < -0.4 is 5.32 Å². The van der Waals surface area contributed by atoms with Gasteiger partial charge in [-0.2, -0.15) is 10.4 Å². The van der Waals surface area contributed by atoms with Gasteiger partial charge in [0.25, 0.3) is 5.91 Å². The Labute approximate surface area is 149 Å². The van der Waals surface area contributed by atoms with Crippen LogP contribution in [0.3, 0.4) is 0 Å². The molecule has 0 unspecified atom stereocenters. The average molecular weight is 338 g/mol. The molecule has 0 radical (unpaired) electrons. The molecule has 132 valence electrons. The van der Waals surface area contributed by atoms with E-state index in [1.165, 1.54) is 0 Å². The third-order valence-corrected chi connectivity index (χ3v) is 4.27. The molecule has 0 spiro atoms. The minimum absolute atomic E-state index is 0.137. The molecular formula is C20H26N4O. The standard InChI is InChI=1S/C20H26N4O/c1-19(2,3)17-13-16(24(5)23-17)18(25)22-20(4,14-21)12-11-15-9-7-6-8-10-15/h6-10,13H,11-12H2,1-5H3,(H,22,25)/t20-/m0/s1. The van der Waals surface area contributed by atoms with Crippen molar-refractivity contribution in [2.45, 2.75) is 51.5 Å². The molecule has 0 aliphatic carbocycles. The van der Waals surface area contributed by atoms with Gasteiger partial charge in [-0.25, -0.2) is 0 Å². The van der Waals surface area contributed by atoms with Crippen LogP contribution in [0.1, 0.15) is 55.9 Å². The van der Waals surface area contributed by atoms with Crippen molar-refractivity contribution in [1.29, 1.82) is 5.26 Å². The van der Waals surface area contributed by atoms with Crippen LogP contribution in [0, 0.1) is 11.3 Å². The largest absolute Gasteiger partial charge is 0.333 e. The molecule has 0 fully saturated rings. The highest BCUT2D eigenvalue weighted by atomic mass is 16.2. The summed E-state index contributed by atoms with van der Waals surface area (Å²) in [5, 5.41) is 16.9. The first-order valence-electron chi connectivity index (χ1n) is 8.47. The summed E-state index contributed by atoms with van der Waals surface area (Å²) in [5.74, 6) is -0.275. The molecule has 2 rings (SSSR count). The minimum atomic E-state index is -0.931. The van der Waals surface area contributed by atoms with E-state index in [1.54, 1.807) is 24.7 Å². The highest BCUT2D eigenvalue weighted by Gasteiger charge is 2.29. The zero-order valence-electron chi connectivity index (χ0n) is 15.6. The van der Waals surface area contributed by atoms with Crippen LogP contribution in [-0.2, 0) is 18.9 Å². The number of hydrogen-bond acceptors (Lipinski definition) is 3. The van der Waals surface area contributed by atoms with E-state index in [0.717, 1.165) is 17.7 Å². The summed E-state index contributed by atoms with van der Waals surface area (Å²) in [6, 6.07) is 14.0. The fourth-order valence-electron chi connectivity index (χ4n) is 2.55. The Bertz CT molecular complexity index is 780. The topological polar surface area (TPSA) is 70.7 Å². The molecule has 2 aromatic rings. The fourth-order valence-corrected chi connectivity index (χ4v) is 2.55. The Morgan fingerprint density at radius 3 is 2.40 bits per heavy atom. The summed E-state index contributed by atoms with van der Waals surface area (Å²) in [6.07, 6.45) is 1.27. The zero-order valence-corrected chi connectivity index (χ0v) is 15.6. The molecule has 0 saturated heterocycles. The molecule has 5 nitrogen and oxygen atoms in total. The number of aryl methyl sites for hydroxylation is 2. The summed E-state index contributed by atoms with van der Waals surface area (Å²) >= 11 is 0. The van der Waals surface area contributed by atoms with Crippen molar-refractivity contribution in [1.82, 2.24) is 15.1 Å². The van der Waals surface area contributed by atoms with Gasteiger partial charge in [0.05, 0.1) is 11.8 Å². The van der Waals surface area contributed by atoms with Gasteiger partial charge in [0.1, 0.15) is 11.2 Å². The first-order chi connectivity index (χ1) is 11.6. The van der Waals surface area contributed by atoms with Crippen molar-refractivity contribution in [2.24, 2.45) is 7.05 Å². The van der Waals surface area contributed by atoms with Crippen LogP contribution in [-0.4, -0.2) is 21.2 Å². The Morgan fingerprint density at radius 1 is 1.24 bits per heavy atom. The van der Waals surface area contributed by atoms with E-state index in [4.69, 9.17) is 0 Å². The summed E-state index contributed by atoms with van der Waals surface area (Å²) in [6.45, 7) is 7.91. The van der Waals surface area contributed by atoms with Gasteiger partial charge in [0.2, 0.25) is 0 Å². The lowest BCUT2D eigenvalue weighted by Crippen LogP contribution is -2.45. The van der Waals surface area contributed by atoms with Crippen molar-refractivity contribution in [2.75, 3.05) is 0 Å². The summed E-state index contributed by atoms with van der Waals surface area (Å²) in [7, 11) is 1.75. The second-order valence-electron chi connectivity index (χ2n) is 7.67. The number of amides is 1. The molecule has 1 aromatic heterocycles. The molecule has 1 atom stereocenters. The number of nitriles is 1. The SMILES string of the molecule is Cn1nc(C(C)(C)C)cc1C(=O)N[C@](C)(C#N)CCc1ccccc1. The van der Waals surface area contributed by atoms with Crippen molar-refractivity contribution in [3.8, 4) is 6.07 Å². The van der Waals surface area contributed by atoms with Crippen LogP contribution >= 0.6 is 0 Å². The number of nitrogens with zero attached hydrogens (tertiary/aromatic N) is 3. The number of benzene rings is 1. The third-order valence-electron chi connectivity index (χ3n) is 4.27. The molecule has 0 saturated carbocycles. The van der Waals surface area contributed by atoms with Gasteiger partial charge in [-0.1, -0.05) is 51.1 Å². The van der Waals surface area contributed by atoms with E-state index in [0.29, 0.717) is 12.1 Å². The first kappa shape index (κ1) is 18.7. The van der Waals surface area contributed by atoms with Gasteiger partial charge in [0, 0.05) is 12.5 Å². The molecule has 5 heteroatoms. The Kier molecular flexibility index (Phi) is 5.32. The number of nitrogens with one attached hydrogen (secondary N) is 1. The van der Waals surface area contributed by atoms with Crippen molar-refractivity contribution < 1.29 is 4.79 Å². The van der Waals surface area contributed by atoms with Gasteiger partial charge in [-0.15, -0.1) is 0 Å². The Hall–Kier alpha value is -2.61. The Morgan fingerprint density at radius 2 is 1.88 bits per heavy atom. The van der Waals surface area contributed by atoms with Gasteiger partial charge in [-0.3, -0.25) is 9.48 Å². The normalized spacial score (nSPS) is 13.8. The molecule has 25 heavy (non-hydrogen) atoms. The highest BCUT2D eigenvalue weighted by molar-refractivity contribution is 5.93. The lowest BCUT2D eigenvalue weighted by Gasteiger charge is -2.23. The molecule has 0 aliphatic heterocycles. The smallest absolute Gasteiger partial charge is 0.270 e. The van der Waals surface area contributed by atoms with E-state index in [9.17, 15) is 10.1 Å². The van der Waals surface area contributed by atoms with Gasteiger partial charge >= 0.3 is 0 Å². The maximum absolute atomic E-state index is 12.7. The lowest BCUT2D eigenvalue weighted by atomic mass is 9.92. The monoisotopic (exact) mass is 338 g/mol. The van der Waals surface area contributed by atoms with Crippen LogP contribution in [0.4, 0.5) is 0 Å². The van der Waals surface area contributed by atoms with Crippen LogP contribution in [0.15, 0.2) is 36.4 Å². The second kappa shape index (κ2) is 7.10. The van der Waals surface area contributed by atoms with Gasteiger partial charge in [0.15, 0.2) is 0 Å². The van der Waals surface area contributed by atoms with E-state index in [-0.39, 0.29) is 11.3 Å². The van der Waals surface area contributed by atoms with Crippen LogP contribution in [0.2, 0.25) is 0 Å². The number of carbonyl (C=O) groups excluding carboxylic acids is 1. The van der Waals surface area contributed by atoms with Gasteiger partial charge < -0.3 is 5.32 Å². The number of hydrogen-bond donors (Lipinski definition) is 1. The van der Waals surface area contributed by atoms with E-state index < -0.39 is 5.54 Å². The van der Waals surface area contributed by atoms with Crippen molar-refractivity contribution in [3.63, 3.8) is 0 Å². The number of aromatic nitrogens is 2. The average Bonchev–Trinajstić information content (AvgIpc) is 2.96. The van der Waals surface area contributed by atoms with Crippen molar-refractivity contribution >= 4 is 5.91 Å². The van der Waals surface area contributed by atoms with E-state index in [2.05, 4.69) is 37.3 Å². The summed E-state index contributed by atoms with van der Waals surface area (Å²) < 4.78 is 1.57. The molecule has 1 N–H and O–H groups in total. The summed E-state index contributed by atoms with van der Waals surface area (Å²) in [4.78, 5) is 12.7. The Balaban J connectivity index is 2.11. The van der Waals surface area contributed by atoms with Crippen LogP contribution in [0.5, 0.6) is 0 Å². The molecule has 0 aliphatic rings. The fraction of sp³-hybridized carbons (Fsp3) is 0.450. The summed E-state index contributed by atoms with van der Waals surface area (Å²) in [5.41, 5.74) is 1.39. The minimum Gasteiger partial charge on any atom is -0.333 e. The van der Waals surface area contributed by atoms with Gasteiger partial charge in [-0.05, 0) is 31.4 Å². The van der Waals surface area contributed by atoms with E-state index >= 15 is 0 Å². The maximum atomic E-state index is 12.7. The second-order valence-corrected chi connectivity index (χ2v) is 7.67. The third kappa shape index (κ3) is 4.69. The predicted octanol–water partition coefficient (Wildman–Crippen LogP) is 3.36. The predicted molar refractivity (Wildman–Crippen MR) is 98.2 cm³/mol. The first-order valence-corrected chi connectivity index (χ1v) is 8.47. The molecule has 1 amide bonds. The quantitative estimate of drug-likeness (QED) is 0.908. The lowest BCUT2D eigenvalue weighted by molar-refractivity contribution is 0.0912. The number of rotatable bonds is 5. The number of carbonyl (C=O) groups is 1. The molecule has 0 bridgehead atoms. The van der Waals surface area contributed by atoms with Crippen molar-refractivity contribution in [3.05, 3.63) is 53.3 Å². The van der Waals surface area contributed by atoms with Crippen LogP contribution in [0.25, 0.3) is 0 Å². The molecule has 1 aromatic carbocycles. The zero-order chi connectivity index (χ0) is 18.7. The molecular weight excluding hydrogens is 312 g/mol. The highest BCUT2D eigenvalue weighted by Crippen LogP contribution is 2.22. The molecule has 1 heterocycles.